The Morgan fingerprint density at radius 3 is 2.87 bits per heavy atom. The maximum absolute atomic E-state index is 5.59. The number of hydrogen-bond acceptors (Lipinski definition) is 3. The lowest BCUT2D eigenvalue weighted by atomic mass is 9.99. The normalized spacial score (nSPS) is 20.8. The van der Waals surface area contributed by atoms with E-state index in [1.165, 1.54) is 5.56 Å². The number of aromatic nitrogens is 2. The molecule has 122 valence electrons. The second kappa shape index (κ2) is 7.10. The van der Waals surface area contributed by atoms with Gasteiger partial charge in [-0.15, -0.1) is 0 Å². The topological polar surface area (TPSA) is 42.3 Å². The Morgan fingerprint density at radius 1 is 1.35 bits per heavy atom. The quantitative estimate of drug-likeness (QED) is 0.651. The van der Waals surface area contributed by atoms with Gasteiger partial charge in [0.1, 0.15) is 0 Å². The number of rotatable bonds is 6. The zero-order chi connectivity index (χ0) is 16.2. The molecule has 1 aliphatic rings. The lowest BCUT2D eigenvalue weighted by molar-refractivity contribution is 0.180. The highest BCUT2D eigenvalue weighted by Gasteiger charge is 2.39. The van der Waals surface area contributed by atoms with E-state index < -0.39 is 0 Å². The molecule has 3 rings (SSSR count). The molecule has 0 aliphatic carbocycles. The van der Waals surface area contributed by atoms with Gasteiger partial charge in [-0.05, 0) is 42.4 Å². The summed E-state index contributed by atoms with van der Waals surface area (Å²) in [5.41, 5.74) is 2.26. The maximum atomic E-state index is 5.59. The second-order valence-electron chi connectivity index (χ2n) is 5.78. The molecular formula is C17H22N4OS. The van der Waals surface area contributed by atoms with Gasteiger partial charge >= 0.3 is 0 Å². The molecule has 3 heterocycles. The van der Waals surface area contributed by atoms with Crippen LogP contribution in [0.25, 0.3) is 0 Å². The molecule has 1 fully saturated rings. The summed E-state index contributed by atoms with van der Waals surface area (Å²) < 4.78 is 7.26. The molecule has 2 atom stereocenters. The minimum Gasteiger partial charge on any atom is -0.385 e. The van der Waals surface area contributed by atoms with Gasteiger partial charge in [0.2, 0.25) is 0 Å². The molecule has 0 radical (unpaired) electrons. The number of aryl methyl sites for hydroxylation is 1. The number of methoxy groups -OCH3 is 1. The van der Waals surface area contributed by atoms with Gasteiger partial charge in [-0.1, -0.05) is 6.07 Å². The molecule has 5 nitrogen and oxygen atoms in total. The molecule has 1 aliphatic heterocycles. The highest BCUT2D eigenvalue weighted by molar-refractivity contribution is 7.80. The molecule has 2 aromatic rings. The molecule has 0 amide bonds. The van der Waals surface area contributed by atoms with E-state index in [-0.39, 0.29) is 12.1 Å². The average molecular weight is 330 g/mol. The van der Waals surface area contributed by atoms with Crippen LogP contribution in [-0.2, 0) is 11.8 Å². The van der Waals surface area contributed by atoms with Crippen LogP contribution in [-0.4, -0.2) is 39.8 Å². The van der Waals surface area contributed by atoms with Crippen LogP contribution in [0.15, 0.2) is 42.9 Å². The first-order chi connectivity index (χ1) is 11.2. The van der Waals surface area contributed by atoms with Crippen LogP contribution in [0, 0.1) is 0 Å². The van der Waals surface area contributed by atoms with Crippen LogP contribution in [0.5, 0.6) is 0 Å². The van der Waals surface area contributed by atoms with Crippen LogP contribution in [0.2, 0.25) is 0 Å². The Kier molecular flexibility index (Phi) is 4.93. The Bertz CT molecular complexity index is 658. The number of nitrogens with zero attached hydrogens (tertiary/aromatic N) is 3. The third-order valence-electron chi connectivity index (χ3n) is 4.14. The van der Waals surface area contributed by atoms with E-state index in [1.54, 1.807) is 7.11 Å². The number of pyridine rings is 1. The molecule has 1 saturated heterocycles. The number of ether oxygens (including phenoxy) is 1. The first-order valence-corrected chi connectivity index (χ1v) is 8.20. The van der Waals surface area contributed by atoms with Crippen molar-refractivity contribution in [2.75, 3.05) is 20.3 Å². The summed E-state index contributed by atoms with van der Waals surface area (Å²) in [5.74, 6) is 0. The minimum absolute atomic E-state index is 0.0636. The van der Waals surface area contributed by atoms with Crippen molar-refractivity contribution < 1.29 is 4.74 Å². The second-order valence-corrected chi connectivity index (χ2v) is 6.16. The van der Waals surface area contributed by atoms with Crippen molar-refractivity contribution in [3.8, 4) is 0 Å². The van der Waals surface area contributed by atoms with Crippen LogP contribution >= 0.6 is 12.2 Å². The summed E-state index contributed by atoms with van der Waals surface area (Å²) in [6, 6.07) is 8.37. The molecular weight excluding hydrogens is 308 g/mol. The molecule has 0 unspecified atom stereocenters. The van der Waals surface area contributed by atoms with E-state index >= 15 is 0 Å². The van der Waals surface area contributed by atoms with Crippen LogP contribution < -0.4 is 5.32 Å². The van der Waals surface area contributed by atoms with Gasteiger partial charge in [0, 0.05) is 45.9 Å². The van der Waals surface area contributed by atoms with E-state index in [2.05, 4.69) is 44.3 Å². The van der Waals surface area contributed by atoms with E-state index in [0.29, 0.717) is 0 Å². The van der Waals surface area contributed by atoms with Crippen molar-refractivity contribution in [1.29, 1.82) is 0 Å². The zero-order valence-corrected chi connectivity index (χ0v) is 14.3. The summed E-state index contributed by atoms with van der Waals surface area (Å²) in [6.45, 7) is 1.59. The van der Waals surface area contributed by atoms with Gasteiger partial charge in [-0.3, -0.25) is 4.98 Å². The first kappa shape index (κ1) is 16.0. The minimum atomic E-state index is 0.0636. The largest absolute Gasteiger partial charge is 0.385 e. The predicted octanol–water partition coefficient (Wildman–Crippen LogP) is 2.43. The van der Waals surface area contributed by atoms with Crippen molar-refractivity contribution >= 4 is 17.3 Å². The van der Waals surface area contributed by atoms with Crippen LogP contribution in [0.3, 0.4) is 0 Å². The molecule has 0 aromatic carbocycles. The standard InChI is InChI=1S/C17H22N4OS/c1-20-10-7-13(12-20)16-15(14-6-3-4-8-18-14)19-17(23)21(16)9-5-11-22-2/h3-4,6-8,10,12,15-16H,5,9,11H2,1-2H3,(H,19,23)/t15-,16+/m1/s1. The van der Waals surface area contributed by atoms with Crippen LogP contribution in [0.4, 0.5) is 0 Å². The lowest BCUT2D eigenvalue weighted by Crippen LogP contribution is -2.31. The molecule has 0 bridgehead atoms. The Hall–Kier alpha value is -1.92. The predicted molar refractivity (Wildman–Crippen MR) is 94.1 cm³/mol. The van der Waals surface area contributed by atoms with E-state index in [4.69, 9.17) is 17.0 Å². The maximum Gasteiger partial charge on any atom is 0.170 e. The third kappa shape index (κ3) is 3.38. The highest BCUT2D eigenvalue weighted by Crippen LogP contribution is 2.38. The fourth-order valence-electron chi connectivity index (χ4n) is 3.09. The van der Waals surface area contributed by atoms with Crippen molar-refractivity contribution in [2.45, 2.75) is 18.5 Å². The zero-order valence-electron chi connectivity index (χ0n) is 13.5. The average Bonchev–Trinajstić information content (AvgIpc) is 3.12. The van der Waals surface area contributed by atoms with Gasteiger partial charge in [0.25, 0.3) is 0 Å². The summed E-state index contributed by atoms with van der Waals surface area (Å²) in [4.78, 5) is 6.78. The van der Waals surface area contributed by atoms with Gasteiger partial charge in [-0.25, -0.2) is 0 Å². The number of nitrogens with one attached hydrogen (secondary N) is 1. The molecule has 2 aromatic heterocycles. The summed E-state index contributed by atoms with van der Waals surface area (Å²) in [6.07, 6.45) is 6.99. The van der Waals surface area contributed by atoms with Crippen molar-refractivity contribution in [1.82, 2.24) is 19.8 Å². The SMILES string of the molecule is COCCCN1C(=S)N[C@H](c2ccccn2)[C@@H]1c1ccn(C)c1. The Balaban J connectivity index is 1.91. The summed E-state index contributed by atoms with van der Waals surface area (Å²) >= 11 is 5.59. The lowest BCUT2D eigenvalue weighted by Gasteiger charge is -2.27. The highest BCUT2D eigenvalue weighted by atomic mass is 32.1. The fourth-order valence-corrected chi connectivity index (χ4v) is 3.42. The Labute approximate surface area is 142 Å². The van der Waals surface area contributed by atoms with Crippen molar-refractivity contribution in [3.05, 3.63) is 54.1 Å². The van der Waals surface area contributed by atoms with Crippen molar-refractivity contribution in [2.24, 2.45) is 7.05 Å². The molecule has 0 saturated carbocycles. The fraction of sp³-hybridized carbons (Fsp3) is 0.412. The van der Waals surface area contributed by atoms with E-state index in [1.807, 2.05) is 25.4 Å². The summed E-state index contributed by atoms with van der Waals surface area (Å²) in [7, 11) is 3.77. The third-order valence-corrected chi connectivity index (χ3v) is 4.49. The number of thiocarbonyl (C=S) groups is 1. The number of hydrogen-bond donors (Lipinski definition) is 1. The summed E-state index contributed by atoms with van der Waals surface area (Å²) in [5, 5.41) is 4.23. The van der Waals surface area contributed by atoms with Gasteiger partial charge < -0.3 is 19.5 Å². The van der Waals surface area contributed by atoms with Gasteiger partial charge in [-0.2, -0.15) is 0 Å². The van der Waals surface area contributed by atoms with Crippen LogP contribution in [0.1, 0.15) is 29.8 Å². The van der Waals surface area contributed by atoms with E-state index in [9.17, 15) is 0 Å². The molecule has 6 heteroatoms. The molecule has 1 N–H and O–H groups in total. The molecule has 0 spiro atoms. The molecule has 23 heavy (non-hydrogen) atoms. The smallest absolute Gasteiger partial charge is 0.170 e. The monoisotopic (exact) mass is 330 g/mol. The van der Waals surface area contributed by atoms with Gasteiger partial charge in [0.05, 0.1) is 17.8 Å². The first-order valence-electron chi connectivity index (χ1n) is 7.79. The Morgan fingerprint density at radius 2 is 2.22 bits per heavy atom. The van der Waals surface area contributed by atoms with Gasteiger partial charge in [0.15, 0.2) is 5.11 Å². The van der Waals surface area contributed by atoms with Crippen molar-refractivity contribution in [3.63, 3.8) is 0 Å². The van der Waals surface area contributed by atoms with E-state index in [0.717, 1.165) is 30.4 Å².